The second-order valence-corrected chi connectivity index (χ2v) is 7.47. The van der Waals surface area contributed by atoms with Crippen molar-refractivity contribution >= 4 is 16.7 Å². The molecular formula is C21H23FN8. The average Bonchev–Trinajstić information content (AvgIpc) is 3.36. The number of H-pyrrole nitrogens is 1. The summed E-state index contributed by atoms with van der Waals surface area (Å²) in [6.07, 6.45) is 1.80. The molecule has 154 valence electrons. The second kappa shape index (κ2) is 7.49. The average molecular weight is 406 g/mol. The molecule has 0 aliphatic carbocycles. The molecule has 1 N–H and O–H groups in total. The molecule has 0 amide bonds. The number of rotatable bonds is 4. The van der Waals surface area contributed by atoms with Gasteiger partial charge in [-0.3, -0.25) is 5.10 Å². The van der Waals surface area contributed by atoms with E-state index >= 15 is 0 Å². The van der Waals surface area contributed by atoms with Gasteiger partial charge >= 0.3 is 0 Å². The van der Waals surface area contributed by atoms with Crippen LogP contribution in [-0.4, -0.2) is 67.6 Å². The number of halogens is 1. The Bertz CT molecular complexity index is 1190. The molecule has 3 aromatic heterocycles. The Balaban J connectivity index is 1.47. The van der Waals surface area contributed by atoms with Crippen molar-refractivity contribution in [3.63, 3.8) is 0 Å². The Morgan fingerprint density at radius 2 is 1.93 bits per heavy atom. The van der Waals surface area contributed by atoms with E-state index in [0.29, 0.717) is 22.7 Å². The number of piperazine rings is 1. The number of hydrogen-bond acceptors (Lipinski definition) is 6. The fourth-order valence-electron chi connectivity index (χ4n) is 3.89. The summed E-state index contributed by atoms with van der Waals surface area (Å²) in [4.78, 5) is 14.0. The smallest absolute Gasteiger partial charge is 0.182 e. The number of aryl methyl sites for hydroxylation is 1. The van der Waals surface area contributed by atoms with Gasteiger partial charge in [0.15, 0.2) is 11.6 Å². The van der Waals surface area contributed by atoms with E-state index in [-0.39, 0.29) is 5.82 Å². The molecule has 9 heteroatoms. The van der Waals surface area contributed by atoms with Gasteiger partial charge in [0, 0.05) is 50.4 Å². The summed E-state index contributed by atoms with van der Waals surface area (Å²) in [6.45, 7) is 7.25. The van der Waals surface area contributed by atoms with Gasteiger partial charge < -0.3 is 9.80 Å². The van der Waals surface area contributed by atoms with E-state index in [4.69, 9.17) is 4.98 Å². The van der Waals surface area contributed by atoms with Crippen LogP contribution in [0.3, 0.4) is 0 Å². The van der Waals surface area contributed by atoms with Gasteiger partial charge in [0.2, 0.25) is 0 Å². The predicted octanol–water partition coefficient (Wildman–Crippen LogP) is 2.70. The van der Waals surface area contributed by atoms with E-state index < -0.39 is 0 Å². The van der Waals surface area contributed by atoms with Gasteiger partial charge in [0.25, 0.3) is 0 Å². The minimum Gasteiger partial charge on any atom is -0.354 e. The molecule has 1 saturated heterocycles. The molecule has 0 spiro atoms. The second-order valence-electron chi connectivity index (χ2n) is 7.47. The predicted molar refractivity (Wildman–Crippen MR) is 114 cm³/mol. The highest BCUT2D eigenvalue weighted by Crippen LogP contribution is 2.28. The summed E-state index contributed by atoms with van der Waals surface area (Å²) in [7, 11) is 1.82. The Labute approximate surface area is 173 Å². The maximum absolute atomic E-state index is 13.7. The van der Waals surface area contributed by atoms with Gasteiger partial charge in [-0.05, 0) is 36.9 Å². The molecule has 1 aliphatic rings. The molecule has 0 saturated carbocycles. The zero-order valence-corrected chi connectivity index (χ0v) is 17.0. The van der Waals surface area contributed by atoms with Crippen LogP contribution in [0.25, 0.3) is 33.8 Å². The third-order valence-corrected chi connectivity index (χ3v) is 5.65. The van der Waals surface area contributed by atoms with Gasteiger partial charge in [-0.15, -0.1) is 0 Å². The molecule has 8 nitrogen and oxygen atoms in total. The summed E-state index contributed by atoms with van der Waals surface area (Å²) >= 11 is 0. The van der Waals surface area contributed by atoms with Crippen molar-refractivity contribution in [2.75, 3.05) is 37.6 Å². The molecular weight excluding hydrogens is 383 g/mol. The number of nitrogens with zero attached hydrogens (tertiary/aromatic N) is 7. The minimum atomic E-state index is -0.311. The number of likely N-dealkylation sites (N-methyl/N-ethyl adjacent to an activating group) is 1. The lowest BCUT2D eigenvalue weighted by Gasteiger charge is -2.34. The van der Waals surface area contributed by atoms with Crippen molar-refractivity contribution in [2.24, 2.45) is 7.05 Å². The largest absolute Gasteiger partial charge is 0.354 e. The molecule has 0 atom stereocenters. The highest BCUT2D eigenvalue weighted by Gasteiger charge is 2.20. The van der Waals surface area contributed by atoms with Crippen LogP contribution in [0.1, 0.15) is 6.92 Å². The van der Waals surface area contributed by atoms with E-state index in [1.54, 1.807) is 16.9 Å². The standard InChI is InChI=1S/C21H23FN8/c1-3-29-8-10-30(11-9-29)18-12-14(6-7-23-18)20-24-21(28(2)27-20)19-16-13-15(22)4-5-17(16)25-26-19/h4-7,12-13H,3,8-11H2,1-2H3,(H,25,26). The zero-order valence-electron chi connectivity index (χ0n) is 17.0. The molecule has 4 heterocycles. The van der Waals surface area contributed by atoms with E-state index in [2.05, 4.69) is 37.0 Å². The molecule has 1 aromatic carbocycles. The van der Waals surface area contributed by atoms with Crippen LogP contribution < -0.4 is 4.90 Å². The Morgan fingerprint density at radius 1 is 1.10 bits per heavy atom. The summed E-state index contributed by atoms with van der Waals surface area (Å²) < 4.78 is 15.4. The Kier molecular flexibility index (Phi) is 4.66. The number of benzene rings is 1. The number of fused-ring (bicyclic) bond motifs is 1. The van der Waals surface area contributed by atoms with Crippen molar-refractivity contribution in [1.82, 2.24) is 34.8 Å². The minimum absolute atomic E-state index is 0.311. The quantitative estimate of drug-likeness (QED) is 0.561. The van der Waals surface area contributed by atoms with Crippen molar-refractivity contribution in [3.05, 3.63) is 42.3 Å². The van der Waals surface area contributed by atoms with Crippen LogP contribution in [0.15, 0.2) is 36.5 Å². The molecule has 0 radical (unpaired) electrons. The summed E-state index contributed by atoms with van der Waals surface area (Å²) in [5.74, 6) is 1.80. The van der Waals surface area contributed by atoms with E-state index in [1.807, 2.05) is 19.2 Å². The number of nitrogens with one attached hydrogen (secondary N) is 1. The van der Waals surface area contributed by atoms with Crippen LogP contribution in [0.5, 0.6) is 0 Å². The lowest BCUT2D eigenvalue weighted by atomic mass is 10.2. The first-order valence-electron chi connectivity index (χ1n) is 10.1. The van der Waals surface area contributed by atoms with Gasteiger partial charge in [-0.1, -0.05) is 6.92 Å². The monoisotopic (exact) mass is 406 g/mol. The Hall–Kier alpha value is -3.33. The summed E-state index contributed by atoms with van der Waals surface area (Å²) in [5, 5.41) is 12.5. The fourth-order valence-corrected chi connectivity index (χ4v) is 3.89. The third kappa shape index (κ3) is 3.30. The van der Waals surface area contributed by atoms with Crippen molar-refractivity contribution in [2.45, 2.75) is 6.92 Å². The number of aromatic nitrogens is 6. The molecule has 5 rings (SSSR count). The fraction of sp³-hybridized carbons (Fsp3) is 0.333. The molecule has 30 heavy (non-hydrogen) atoms. The summed E-state index contributed by atoms with van der Waals surface area (Å²) in [5.41, 5.74) is 2.23. The van der Waals surface area contributed by atoms with Crippen molar-refractivity contribution in [1.29, 1.82) is 0 Å². The van der Waals surface area contributed by atoms with Crippen LogP contribution in [0.4, 0.5) is 10.2 Å². The first-order valence-corrected chi connectivity index (χ1v) is 10.1. The highest BCUT2D eigenvalue weighted by atomic mass is 19.1. The van der Waals surface area contributed by atoms with Crippen molar-refractivity contribution in [3.8, 4) is 22.9 Å². The molecule has 1 fully saturated rings. The zero-order chi connectivity index (χ0) is 20.7. The normalized spacial score (nSPS) is 15.2. The molecule has 4 aromatic rings. The van der Waals surface area contributed by atoms with Crippen LogP contribution in [0, 0.1) is 5.82 Å². The Morgan fingerprint density at radius 3 is 2.73 bits per heavy atom. The third-order valence-electron chi connectivity index (χ3n) is 5.65. The van der Waals surface area contributed by atoms with Gasteiger partial charge in [0.05, 0.1) is 5.52 Å². The number of anilines is 1. The van der Waals surface area contributed by atoms with Gasteiger partial charge in [0.1, 0.15) is 17.3 Å². The topological polar surface area (TPSA) is 78.8 Å². The maximum Gasteiger partial charge on any atom is 0.182 e. The van der Waals surface area contributed by atoms with E-state index in [1.165, 1.54) is 12.1 Å². The number of aromatic amines is 1. The highest BCUT2D eigenvalue weighted by molar-refractivity contribution is 5.91. The van der Waals surface area contributed by atoms with Gasteiger partial charge in [-0.2, -0.15) is 10.2 Å². The molecule has 0 bridgehead atoms. The first-order chi connectivity index (χ1) is 14.6. The first kappa shape index (κ1) is 18.7. The SMILES string of the molecule is CCN1CCN(c2cc(-c3nc(-c4n[nH]c5ccc(F)cc45)n(C)n3)ccn2)CC1. The number of pyridine rings is 1. The molecule has 1 aliphatic heterocycles. The van der Waals surface area contributed by atoms with Crippen molar-refractivity contribution < 1.29 is 4.39 Å². The lowest BCUT2D eigenvalue weighted by Crippen LogP contribution is -2.46. The van der Waals surface area contributed by atoms with Crippen LogP contribution in [-0.2, 0) is 7.05 Å². The summed E-state index contributed by atoms with van der Waals surface area (Å²) in [6, 6.07) is 8.48. The maximum atomic E-state index is 13.7. The van der Waals surface area contributed by atoms with Gasteiger partial charge in [-0.25, -0.2) is 19.0 Å². The lowest BCUT2D eigenvalue weighted by molar-refractivity contribution is 0.270. The van der Waals surface area contributed by atoms with E-state index in [0.717, 1.165) is 49.6 Å². The number of hydrogen-bond donors (Lipinski definition) is 1. The van der Waals surface area contributed by atoms with Crippen LogP contribution in [0.2, 0.25) is 0 Å². The van der Waals surface area contributed by atoms with Crippen LogP contribution >= 0.6 is 0 Å². The molecule has 0 unspecified atom stereocenters. The van der Waals surface area contributed by atoms with E-state index in [9.17, 15) is 4.39 Å².